The lowest BCUT2D eigenvalue weighted by atomic mass is 9.94. The van der Waals surface area contributed by atoms with Crippen LogP contribution in [0.1, 0.15) is 36.3 Å². The van der Waals surface area contributed by atoms with Crippen LogP contribution in [-0.2, 0) is 19.5 Å². The molecule has 0 unspecified atom stereocenters. The van der Waals surface area contributed by atoms with Gasteiger partial charge in [-0.3, -0.25) is 4.90 Å². The molecule has 3 heterocycles. The molecule has 0 bridgehead atoms. The summed E-state index contributed by atoms with van der Waals surface area (Å²) in [5.41, 5.74) is 2.92. The number of hydrogen-bond acceptors (Lipinski definition) is 5. The summed E-state index contributed by atoms with van der Waals surface area (Å²) in [7, 11) is 0. The van der Waals surface area contributed by atoms with Crippen molar-refractivity contribution >= 4 is 16.8 Å². The highest BCUT2D eigenvalue weighted by molar-refractivity contribution is 5.86. The van der Waals surface area contributed by atoms with Gasteiger partial charge in [-0.15, -0.1) is 5.10 Å². The SMILES string of the molecule is c1ccc2c3c(ccc2c1)CCN(Cc1nnc(N2CCCCC2)o1)C3. The molecule has 1 fully saturated rings. The number of aromatic nitrogens is 2. The monoisotopic (exact) mass is 348 g/mol. The summed E-state index contributed by atoms with van der Waals surface area (Å²) in [4.78, 5) is 4.64. The van der Waals surface area contributed by atoms with Crippen LogP contribution in [0, 0.1) is 0 Å². The van der Waals surface area contributed by atoms with Crippen LogP contribution >= 0.6 is 0 Å². The van der Waals surface area contributed by atoms with Crippen LogP contribution < -0.4 is 4.90 Å². The predicted molar refractivity (Wildman–Crippen MR) is 102 cm³/mol. The number of fused-ring (bicyclic) bond motifs is 3. The molecule has 0 radical (unpaired) electrons. The third-order valence-corrected chi connectivity index (χ3v) is 5.66. The van der Waals surface area contributed by atoms with E-state index in [2.05, 4.69) is 56.4 Å². The first-order valence-electron chi connectivity index (χ1n) is 9.66. The minimum Gasteiger partial charge on any atom is -0.407 e. The second-order valence-electron chi connectivity index (χ2n) is 7.41. The second-order valence-corrected chi connectivity index (χ2v) is 7.41. The fourth-order valence-corrected chi connectivity index (χ4v) is 4.23. The maximum Gasteiger partial charge on any atom is 0.318 e. The molecule has 5 nitrogen and oxygen atoms in total. The van der Waals surface area contributed by atoms with Gasteiger partial charge in [-0.05, 0) is 47.6 Å². The smallest absolute Gasteiger partial charge is 0.318 e. The van der Waals surface area contributed by atoms with Crippen LogP contribution in [0.15, 0.2) is 40.8 Å². The van der Waals surface area contributed by atoms with E-state index in [0.717, 1.165) is 45.0 Å². The maximum atomic E-state index is 5.96. The standard InChI is InChI=1S/C21H24N4O/c1-4-11-25(12-5-1)21-23-22-20(26-21)15-24-13-10-17-9-8-16-6-2-3-7-18(16)19(17)14-24/h2-3,6-9H,1,4-5,10-15H2. The summed E-state index contributed by atoms with van der Waals surface area (Å²) in [6, 6.07) is 13.9. The summed E-state index contributed by atoms with van der Waals surface area (Å²) in [6.45, 7) is 4.77. The van der Waals surface area contributed by atoms with Crippen molar-refractivity contribution in [3.63, 3.8) is 0 Å². The summed E-state index contributed by atoms with van der Waals surface area (Å²) in [5, 5.41) is 11.3. The first-order valence-corrected chi connectivity index (χ1v) is 9.66. The van der Waals surface area contributed by atoms with Gasteiger partial charge in [0.25, 0.3) is 0 Å². The number of benzene rings is 2. The normalized spacial score (nSPS) is 18.2. The van der Waals surface area contributed by atoms with Gasteiger partial charge in [-0.25, -0.2) is 0 Å². The lowest BCUT2D eigenvalue weighted by Gasteiger charge is -2.28. The third kappa shape index (κ3) is 2.97. The van der Waals surface area contributed by atoms with Gasteiger partial charge in [0.2, 0.25) is 5.89 Å². The molecule has 2 aromatic carbocycles. The topological polar surface area (TPSA) is 45.4 Å². The lowest BCUT2D eigenvalue weighted by Crippen LogP contribution is -2.30. The van der Waals surface area contributed by atoms with Crippen LogP contribution in [0.2, 0.25) is 0 Å². The van der Waals surface area contributed by atoms with E-state index in [-0.39, 0.29) is 0 Å². The van der Waals surface area contributed by atoms with Crippen molar-refractivity contribution in [3.05, 3.63) is 53.4 Å². The van der Waals surface area contributed by atoms with E-state index in [9.17, 15) is 0 Å². The van der Waals surface area contributed by atoms with Crippen LogP contribution in [0.3, 0.4) is 0 Å². The van der Waals surface area contributed by atoms with Gasteiger partial charge in [0.05, 0.1) is 6.54 Å². The molecule has 5 rings (SSSR count). The van der Waals surface area contributed by atoms with Crippen LogP contribution in [0.5, 0.6) is 0 Å². The predicted octanol–water partition coefficient (Wildman–Crippen LogP) is 3.77. The molecule has 0 amide bonds. The van der Waals surface area contributed by atoms with Crippen molar-refractivity contribution in [2.45, 2.75) is 38.8 Å². The molecule has 0 N–H and O–H groups in total. The van der Waals surface area contributed by atoms with Crippen LogP contribution in [0.25, 0.3) is 10.8 Å². The molecule has 0 saturated carbocycles. The van der Waals surface area contributed by atoms with Crippen molar-refractivity contribution in [2.75, 3.05) is 24.5 Å². The van der Waals surface area contributed by atoms with Gasteiger partial charge < -0.3 is 9.32 Å². The average Bonchev–Trinajstić information content (AvgIpc) is 3.17. The molecule has 1 saturated heterocycles. The molecule has 26 heavy (non-hydrogen) atoms. The lowest BCUT2D eigenvalue weighted by molar-refractivity contribution is 0.222. The third-order valence-electron chi connectivity index (χ3n) is 5.66. The molecule has 1 aromatic heterocycles. The number of piperidine rings is 1. The van der Waals surface area contributed by atoms with E-state index < -0.39 is 0 Å². The maximum absolute atomic E-state index is 5.96. The van der Waals surface area contributed by atoms with Gasteiger partial charge in [-0.2, -0.15) is 0 Å². The quantitative estimate of drug-likeness (QED) is 0.721. The first-order chi connectivity index (χ1) is 12.9. The van der Waals surface area contributed by atoms with E-state index in [4.69, 9.17) is 4.42 Å². The summed E-state index contributed by atoms with van der Waals surface area (Å²) in [6.07, 6.45) is 4.81. The number of anilines is 1. The van der Waals surface area contributed by atoms with E-state index in [1.807, 2.05) is 0 Å². The number of hydrogen-bond donors (Lipinski definition) is 0. The Morgan fingerprint density at radius 3 is 2.73 bits per heavy atom. The zero-order chi connectivity index (χ0) is 17.3. The van der Waals surface area contributed by atoms with E-state index in [1.54, 1.807) is 0 Å². The number of rotatable bonds is 3. The van der Waals surface area contributed by atoms with Gasteiger partial charge in [-0.1, -0.05) is 41.5 Å². The first kappa shape index (κ1) is 15.8. The van der Waals surface area contributed by atoms with Crippen molar-refractivity contribution in [1.29, 1.82) is 0 Å². The molecule has 3 aromatic rings. The van der Waals surface area contributed by atoms with Crippen molar-refractivity contribution in [3.8, 4) is 0 Å². The highest BCUT2D eigenvalue weighted by Gasteiger charge is 2.22. The Morgan fingerprint density at radius 1 is 0.923 bits per heavy atom. The minimum absolute atomic E-state index is 0.697. The Morgan fingerprint density at radius 2 is 1.81 bits per heavy atom. The van der Waals surface area contributed by atoms with Gasteiger partial charge in [0, 0.05) is 26.2 Å². The van der Waals surface area contributed by atoms with Gasteiger partial charge in [0.15, 0.2) is 0 Å². The highest BCUT2D eigenvalue weighted by atomic mass is 16.4. The molecule has 2 aliphatic heterocycles. The Labute approximate surface area is 153 Å². The molecule has 2 aliphatic rings. The molecular formula is C21H24N4O. The molecular weight excluding hydrogens is 324 g/mol. The number of nitrogens with zero attached hydrogens (tertiary/aromatic N) is 4. The average molecular weight is 348 g/mol. The molecule has 0 spiro atoms. The van der Waals surface area contributed by atoms with Gasteiger partial charge >= 0.3 is 6.01 Å². The van der Waals surface area contributed by atoms with Crippen LogP contribution in [-0.4, -0.2) is 34.7 Å². The molecule has 134 valence electrons. The van der Waals surface area contributed by atoms with Gasteiger partial charge in [0.1, 0.15) is 0 Å². The minimum atomic E-state index is 0.697. The summed E-state index contributed by atoms with van der Waals surface area (Å²) in [5.74, 6) is 0.731. The fourth-order valence-electron chi connectivity index (χ4n) is 4.23. The second kappa shape index (κ2) is 6.72. The summed E-state index contributed by atoms with van der Waals surface area (Å²) >= 11 is 0. The summed E-state index contributed by atoms with van der Waals surface area (Å²) < 4.78 is 5.96. The Hall–Kier alpha value is -2.40. The van der Waals surface area contributed by atoms with Crippen molar-refractivity contribution in [2.24, 2.45) is 0 Å². The van der Waals surface area contributed by atoms with E-state index >= 15 is 0 Å². The fraction of sp³-hybridized carbons (Fsp3) is 0.429. The van der Waals surface area contributed by atoms with Crippen LogP contribution in [0.4, 0.5) is 6.01 Å². The highest BCUT2D eigenvalue weighted by Crippen LogP contribution is 2.28. The van der Waals surface area contributed by atoms with E-state index in [0.29, 0.717) is 6.01 Å². The Balaban J connectivity index is 1.33. The zero-order valence-corrected chi connectivity index (χ0v) is 15.0. The molecule has 0 atom stereocenters. The molecule has 5 heteroatoms. The Bertz CT molecular complexity index is 913. The molecule has 0 aliphatic carbocycles. The van der Waals surface area contributed by atoms with Crippen molar-refractivity contribution in [1.82, 2.24) is 15.1 Å². The zero-order valence-electron chi connectivity index (χ0n) is 15.0. The van der Waals surface area contributed by atoms with Crippen molar-refractivity contribution < 1.29 is 4.42 Å². The van der Waals surface area contributed by atoms with E-state index in [1.165, 1.54) is 41.2 Å². The Kier molecular flexibility index (Phi) is 4.09. The largest absolute Gasteiger partial charge is 0.407 e.